The maximum atomic E-state index is 12.7. The van der Waals surface area contributed by atoms with Crippen molar-refractivity contribution < 1.29 is 9.32 Å². The first-order chi connectivity index (χ1) is 12.6. The number of imidazole rings is 1. The summed E-state index contributed by atoms with van der Waals surface area (Å²) >= 11 is 0. The summed E-state index contributed by atoms with van der Waals surface area (Å²) in [5.41, 5.74) is 2.83. The van der Waals surface area contributed by atoms with Gasteiger partial charge in [0.05, 0.1) is 17.6 Å². The Morgan fingerprint density at radius 3 is 2.85 bits per heavy atom. The molecule has 0 aliphatic carbocycles. The van der Waals surface area contributed by atoms with Gasteiger partial charge in [-0.15, -0.1) is 0 Å². The topological polar surface area (TPSA) is 78.3 Å². The summed E-state index contributed by atoms with van der Waals surface area (Å²) in [6.45, 7) is 7.64. The van der Waals surface area contributed by atoms with E-state index in [1.54, 1.807) is 6.07 Å². The second-order valence-electron chi connectivity index (χ2n) is 7.47. The Morgan fingerprint density at radius 2 is 2.15 bits per heavy atom. The molecular formula is C19H27N5O2. The number of aromatic nitrogens is 3. The number of H-pyrrole nitrogens is 1. The molecule has 2 aromatic rings. The van der Waals surface area contributed by atoms with Crippen LogP contribution in [0.2, 0.25) is 0 Å². The Hall–Kier alpha value is -2.15. The van der Waals surface area contributed by atoms with E-state index >= 15 is 0 Å². The molecule has 7 nitrogen and oxygen atoms in total. The molecule has 2 aliphatic rings. The number of unbranched alkanes of at least 4 members (excludes halogenated alkanes) is 1. The molecule has 1 saturated heterocycles. The summed E-state index contributed by atoms with van der Waals surface area (Å²) in [6, 6.07) is 1.71. The van der Waals surface area contributed by atoms with Crippen LogP contribution in [0, 0.1) is 6.92 Å². The van der Waals surface area contributed by atoms with E-state index in [1.807, 2.05) is 18.2 Å². The van der Waals surface area contributed by atoms with E-state index in [0.717, 1.165) is 45.4 Å². The van der Waals surface area contributed by atoms with Crippen molar-refractivity contribution in [1.82, 2.24) is 24.9 Å². The predicted octanol–water partition coefficient (Wildman–Crippen LogP) is 2.50. The fraction of sp³-hybridized carbons (Fsp3) is 0.632. The second-order valence-corrected chi connectivity index (χ2v) is 7.47. The Bertz CT molecular complexity index is 772. The lowest BCUT2D eigenvalue weighted by molar-refractivity contribution is 0.00602. The van der Waals surface area contributed by atoms with Crippen LogP contribution in [0.3, 0.4) is 0 Å². The zero-order chi connectivity index (χ0) is 18.1. The number of hydrogen-bond acceptors (Lipinski definition) is 5. The van der Waals surface area contributed by atoms with Gasteiger partial charge >= 0.3 is 0 Å². The minimum absolute atomic E-state index is 0.0325. The number of piperidine rings is 1. The van der Waals surface area contributed by atoms with E-state index < -0.39 is 0 Å². The number of carbonyl (C=O) groups excluding carboxylic acids is 1. The third kappa shape index (κ3) is 2.84. The van der Waals surface area contributed by atoms with Gasteiger partial charge in [-0.05, 0) is 32.7 Å². The van der Waals surface area contributed by atoms with Gasteiger partial charge in [0.25, 0.3) is 5.91 Å². The standard InChI is InChI=1S/C19H27N5O2/c1-3-4-8-24-9-5-15-17(21-13-20-15)19(24)6-10-23(11-7-19)18(25)16-12-14(2)26-22-16/h12-13H,3-11H2,1-2H3,(H,20,21). The molecule has 140 valence electrons. The molecule has 1 fully saturated rings. The van der Waals surface area contributed by atoms with Crippen molar-refractivity contribution in [2.75, 3.05) is 26.2 Å². The van der Waals surface area contributed by atoms with Crippen molar-refractivity contribution in [1.29, 1.82) is 0 Å². The Kier molecular flexibility index (Phi) is 4.56. The average molecular weight is 357 g/mol. The zero-order valence-electron chi connectivity index (χ0n) is 15.6. The summed E-state index contributed by atoms with van der Waals surface area (Å²) in [4.78, 5) is 25.2. The summed E-state index contributed by atoms with van der Waals surface area (Å²) in [5.74, 6) is 0.635. The molecule has 0 atom stereocenters. The number of aryl methyl sites for hydroxylation is 1. The molecule has 2 aliphatic heterocycles. The van der Waals surface area contributed by atoms with E-state index in [-0.39, 0.29) is 11.4 Å². The Labute approximate surface area is 153 Å². The van der Waals surface area contributed by atoms with E-state index in [4.69, 9.17) is 9.51 Å². The van der Waals surface area contributed by atoms with Crippen LogP contribution in [0.5, 0.6) is 0 Å². The van der Waals surface area contributed by atoms with Crippen LogP contribution in [0.15, 0.2) is 16.9 Å². The molecule has 4 heterocycles. The van der Waals surface area contributed by atoms with Gasteiger partial charge in [0.2, 0.25) is 0 Å². The monoisotopic (exact) mass is 357 g/mol. The summed E-state index contributed by atoms with van der Waals surface area (Å²) in [5, 5.41) is 3.88. The number of hydrogen-bond donors (Lipinski definition) is 1. The van der Waals surface area contributed by atoms with Crippen molar-refractivity contribution in [2.24, 2.45) is 0 Å². The average Bonchev–Trinajstić information content (AvgIpc) is 3.31. The molecule has 0 saturated carbocycles. The van der Waals surface area contributed by atoms with Gasteiger partial charge in [-0.25, -0.2) is 4.98 Å². The van der Waals surface area contributed by atoms with E-state index in [1.165, 1.54) is 24.2 Å². The predicted molar refractivity (Wildman–Crippen MR) is 96.8 cm³/mol. The minimum atomic E-state index is -0.0424. The lowest BCUT2D eigenvalue weighted by Crippen LogP contribution is -2.57. The molecule has 7 heteroatoms. The van der Waals surface area contributed by atoms with E-state index in [2.05, 4.69) is 22.0 Å². The lowest BCUT2D eigenvalue weighted by atomic mass is 9.78. The maximum Gasteiger partial charge on any atom is 0.276 e. The van der Waals surface area contributed by atoms with E-state index in [0.29, 0.717) is 11.5 Å². The molecule has 1 spiro atoms. The highest BCUT2D eigenvalue weighted by Crippen LogP contribution is 2.42. The number of nitrogens with one attached hydrogen (secondary N) is 1. The third-order valence-corrected chi connectivity index (χ3v) is 5.90. The molecule has 4 rings (SSSR count). The van der Waals surface area contributed by atoms with Gasteiger partial charge in [-0.3, -0.25) is 9.69 Å². The number of rotatable bonds is 4. The largest absolute Gasteiger partial charge is 0.361 e. The van der Waals surface area contributed by atoms with Crippen LogP contribution in [-0.2, 0) is 12.0 Å². The van der Waals surface area contributed by atoms with Crippen molar-refractivity contribution in [2.45, 2.75) is 51.5 Å². The van der Waals surface area contributed by atoms with Gasteiger partial charge in [-0.1, -0.05) is 18.5 Å². The molecule has 2 aromatic heterocycles. The molecule has 0 unspecified atom stereocenters. The number of carbonyl (C=O) groups is 1. The molecule has 0 aromatic carbocycles. The Balaban J connectivity index is 1.54. The molecule has 0 radical (unpaired) electrons. The summed E-state index contributed by atoms with van der Waals surface area (Å²) < 4.78 is 5.06. The molecule has 1 amide bonds. The molecule has 26 heavy (non-hydrogen) atoms. The third-order valence-electron chi connectivity index (χ3n) is 5.90. The van der Waals surface area contributed by atoms with Crippen LogP contribution in [0.25, 0.3) is 0 Å². The SMILES string of the molecule is CCCCN1CCc2[nH]cnc2C12CCN(C(=O)c1cc(C)on1)CC2. The molecule has 0 bridgehead atoms. The van der Waals surface area contributed by atoms with Crippen LogP contribution in [0.1, 0.15) is 60.2 Å². The maximum absolute atomic E-state index is 12.7. The first-order valence-electron chi connectivity index (χ1n) is 9.64. The lowest BCUT2D eigenvalue weighted by Gasteiger charge is -2.50. The number of likely N-dealkylation sites (tertiary alicyclic amines) is 1. The van der Waals surface area contributed by atoms with Gasteiger partial charge in [0.15, 0.2) is 5.69 Å². The fourth-order valence-corrected chi connectivity index (χ4v) is 4.46. The van der Waals surface area contributed by atoms with Crippen LogP contribution in [0.4, 0.5) is 0 Å². The van der Waals surface area contributed by atoms with Crippen molar-refractivity contribution >= 4 is 5.91 Å². The molecular weight excluding hydrogens is 330 g/mol. The number of nitrogens with zero attached hydrogens (tertiary/aromatic N) is 4. The Morgan fingerprint density at radius 1 is 1.35 bits per heavy atom. The van der Waals surface area contributed by atoms with Crippen LogP contribution >= 0.6 is 0 Å². The number of fused-ring (bicyclic) bond motifs is 2. The van der Waals surface area contributed by atoms with Gasteiger partial charge < -0.3 is 14.4 Å². The molecule has 1 N–H and O–H groups in total. The smallest absolute Gasteiger partial charge is 0.276 e. The highest BCUT2D eigenvalue weighted by atomic mass is 16.5. The zero-order valence-corrected chi connectivity index (χ0v) is 15.6. The van der Waals surface area contributed by atoms with Crippen LogP contribution in [-0.4, -0.2) is 57.0 Å². The van der Waals surface area contributed by atoms with Crippen LogP contribution < -0.4 is 0 Å². The van der Waals surface area contributed by atoms with Crippen molar-refractivity contribution in [3.05, 3.63) is 35.2 Å². The highest BCUT2D eigenvalue weighted by molar-refractivity contribution is 5.92. The van der Waals surface area contributed by atoms with Gasteiger partial charge in [0.1, 0.15) is 5.76 Å². The first-order valence-corrected chi connectivity index (χ1v) is 9.64. The summed E-state index contributed by atoms with van der Waals surface area (Å²) in [7, 11) is 0. The second kappa shape index (κ2) is 6.87. The number of aromatic amines is 1. The van der Waals surface area contributed by atoms with Gasteiger partial charge in [0, 0.05) is 37.8 Å². The quantitative estimate of drug-likeness (QED) is 0.909. The highest BCUT2D eigenvalue weighted by Gasteiger charge is 2.47. The van der Waals surface area contributed by atoms with Gasteiger partial charge in [-0.2, -0.15) is 0 Å². The van der Waals surface area contributed by atoms with Crippen molar-refractivity contribution in [3.8, 4) is 0 Å². The normalized spacial score (nSPS) is 19.7. The summed E-state index contributed by atoms with van der Waals surface area (Å²) in [6.07, 6.45) is 7.07. The fourth-order valence-electron chi connectivity index (χ4n) is 4.46. The first kappa shape index (κ1) is 17.3. The van der Waals surface area contributed by atoms with E-state index in [9.17, 15) is 4.79 Å². The number of amides is 1. The minimum Gasteiger partial charge on any atom is -0.361 e. The van der Waals surface area contributed by atoms with Crippen molar-refractivity contribution in [3.63, 3.8) is 0 Å².